The zero-order valence-electron chi connectivity index (χ0n) is 19.3. The predicted octanol–water partition coefficient (Wildman–Crippen LogP) is 3.06. The molecule has 1 saturated heterocycles. The van der Waals surface area contributed by atoms with Gasteiger partial charge in [-0.3, -0.25) is 9.63 Å². The number of hydrogen-bond donors (Lipinski definition) is 2. The van der Waals surface area contributed by atoms with Crippen molar-refractivity contribution in [2.45, 2.75) is 25.7 Å². The van der Waals surface area contributed by atoms with E-state index in [0.29, 0.717) is 30.1 Å². The molecule has 0 saturated carbocycles. The van der Waals surface area contributed by atoms with Crippen LogP contribution in [0.25, 0.3) is 16.7 Å². The van der Waals surface area contributed by atoms with E-state index < -0.39 is 23.6 Å². The fourth-order valence-corrected chi connectivity index (χ4v) is 4.07. The summed E-state index contributed by atoms with van der Waals surface area (Å²) in [5.74, 6) is -1.23. The number of anilines is 2. The van der Waals surface area contributed by atoms with Crippen molar-refractivity contribution < 1.29 is 27.9 Å². The fourth-order valence-electron chi connectivity index (χ4n) is 4.07. The number of nitrogens with zero attached hydrogens (tertiary/aromatic N) is 6. The van der Waals surface area contributed by atoms with E-state index in [2.05, 4.69) is 20.4 Å². The van der Waals surface area contributed by atoms with E-state index in [1.165, 1.54) is 23.0 Å². The number of alkyl halides is 3. The number of aliphatic hydroxyl groups excluding tert-OH is 1. The smallest absolute Gasteiger partial charge is 0.389 e. The molecule has 2 N–H and O–H groups in total. The number of β-amino-alcohol motifs (C(OH)–C–C–N with tert-alkyl or cyclic N) is 1. The number of Topliss-reactive ketones (excluding diaryl/α,β-unsaturated/α-hetero) is 1. The van der Waals surface area contributed by atoms with Gasteiger partial charge in [0, 0.05) is 53.9 Å². The maximum absolute atomic E-state index is 13.1. The monoisotopic (exact) mass is 501 g/mol. The highest BCUT2D eigenvalue weighted by molar-refractivity contribution is 6.11. The van der Waals surface area contributed by atoms with Gasteiger partial charge in [-0.05, 0) is 25.1 Å². The van der Waals surface area contributed by atoms with E-state index >= 15 is 0 Å². The molecule has 0 amide bonds. The first-order chi connectivity index (χ1) is 17.1. The molecule has 10 nitrogen and oxygen atoms in total. The van der Waals surface area contributed by atoms with Gasteiger partial charge in [0.1, 0.15) is 0 Å². The van der Waals surface area contributed by atoms with Gasteiger partial charge in [-0.2, -0.15) is 28.3 Å². The summed E-state index contributed by atoms with van der Waals surface area (Å²) in [7, 11) is 1.58. The van der Waals surface area contributed by atoms with E-state index in [-0.39, 0.29) is 17.9 Å². The van der Waals surface area contributed by atoms with Crippen LogP contribution in [-0.2, 0) is 18.4 Å². The Morgan fingerprint density at radius 1 is 1.28 bits per heavy atom. The van der Waals surface area contributed by atoms with Crippen LogP contribution in [0.1, 0.15) is 21.6 Å². The van der Waals surface area contributed by atoms with Crippen LogP contribution in [0.15, 0.2) is 42.9 Å². The zero-order valence-corrected chi connectivity index (χ0v) is 19.3. The van der Waals surface area contributed by atoms with Crippen LogP contribution in [0.3, 0.4) is 0 Å². The SMILES string of the molecule is Cc1nn(-c2ccnc(Nc3ccc4c(c3)c(C(=O)C(F)(F)F)cn4C)n2)cc1CN1CC(O)CO1. The number of aromatic nitrogens is 5. The summed E-state index contributed by atoms with van der Waals surface area (Å²) in [6, 6.07) is 6.42. The Hall–Kier alpha value is -3.81. The number of benzene rings is 1. The molecule has 36 heavy (non-hydrogen) atoms. The summed E-state index contributed by atoms with van der Waals surface area (Å²) >= 11 is 0. The minimum atomic E-state index is -4.98. The van der Waals surface area contributed by atoms with Crippen LogP contribution in [0.2, 0.25) is 0 Å². The number of aryl methyl sites for hydroxylation is 2. The second-order valence-electron chi connectivity index (χ2n) is 8.53. The molecule has 188 valence electrons. The lowest BCUT2D eigenvalue weighted by atomic mass is 10.1. The highest BCUT2D eigenvalue weighted by atomic mass is 19.4. The third-order valence-electron chi connectivity index (χ3n) is 5.83. The van der Waals surface area contributed by atoms with Crippen molar-refractivity contribution in [3.05, 3.63) is 59.7 Å². The largest absolute Gasteiger partial charge is 0.454 e. The van der Waals surface area contributed by atoms with E-state index in [9.17, 15) is 23.1 Å². The Kier molecular flexibility index (Phi) is 5.98. The molecule has 5 rings (SSSR count). The highest BCUT2D eigenvalue weighted by Crippen LogP contribution is 2.30. The molecular formula is C23H22F3N7O3. The lowest BCUT2D eigenvalue weighted by molar-refractivity contribution is -0.118. The van der Waals surface area contributed by atoms with Crippen molar-refractivity contribution in [1.82, 2.24) is 29.4 Å². The van der Waals surface area contributed by atoms with Gasteiger partial charge in [-0.1, -0.05) is 0 Å². The maximum Gasteiger partial charge on any atom is 0.454 e. The average Bonchev–Trinajstić information content (AvgIpc) is 3.50. The molecule has 3 aromatic heterocycles. The number of fused-ring (bicyclic) bond motifs is 1. The van der Waals surface area contributed by atoms with E-state index in [4.69, 9.17) is 4.84 Å². The van der Waals surface area contributed by atoms with Crippen molar-refractivity contribution in [2.75, 3.05) is 18.5 Å². The molecule has 13 heteroatoms. The van der Waals surface area contributed by atoms with Crippen molar-refractivity contribution in [3.8, 4) is 5.82 Å². The van der Waals surface area contributed by atoms with E-state index in [0.717, 1.165) is 11.3 Å². The van der Waals surface area contributed by atoms with Crippen molar-refractivity contribution in [1.29, 1.82) is 0 Å². The minimum Gasteiger partial charge on any atom is -0.389 e. The lowest BCUT2D eigenvalue weighted by Gasteiger charge is -2.12. The molecule has 1 unspecified atom stereocenters. The Morgan fingerprint density at radius 3 is 2.81 bits per heavy atom. The number of carbonyl (C=O) groups excluding carboxylic acids is 1. The van der Waals surface area contributed by atoms with Crippen molar-refractivity contribution in [2.24, 2.45) is 7.05 Å². The maximum atomic E-state index is 13.1. The van der Waals surface area contributed by atoms with Gasteiger partial charge in [0.05, 0.1) is 37.1 Å². The predicted molar refractivity (Wildman–Crippen MR) is 123 cm³/mol. The van der Waals surface area contributed by atoms with E-state index in [1.807, 2.05) is 6.92 Å². The Morgan fingerprint density at radius 2 is 2.08 bits per heavy atom. The van der Waals surface area contributed by atoms with Gasteiger partial charge in [0.25, 0.3) is 5.78 Å². The number of rotatable bonds is 6. The molecule has 1 fully saturated rings. The first kappa shape index (κ1) is 23.9. The third kappa shape index (κ3) is 4.67. The van der Waals surface area contributed by atoms with Crippen LogP contribution in [0.5, 0.6) is 0 Å². The average molecular weight is 501 g/mol. The van der Waals surface area contributed by atoms with Crippen molar-refractivity contribution in [3.63, 3.8) is 0 Å². The summed E-state index contributed by atoms with van der Waals surface area (Å²) in [6.45, 7) is 2.98. The molecule has 4 heterocycles. The van der Waals surface area contributed by atoms with Gasteiger partial charge >= 0.3 is 6.18 Å². The Bertz CT molecular complexity index is 1450. The summed E-state index contributed by atoms with van der Waals surface area (Å²) in [6.07, 6.45) is -0.987. The number of aliphatic hydroxyl groups is 1. The summed E-state index contributed by atoms with van der Waals surface area (Å²) in [5, 5.41) is 19.0. The van der Waals surface area contributed by atoms with E-state index in [1.54, 1.807) is 41.2 Å². The zero-order chi connectivity index (χ0) is 25.6. The molecule has 1 aliphatic heterocycles. The topological polar surface area (TPSA) is 110 Å². The van der Waals surface area contributed by atoms with Gasteiger partial charge in [-0.25, -0.2) is 9.67 Å². The van der Waals surface area contributed by atoms with Crippen molar-refractivity contribution >= 4 is 28.3 Å². The molecule has 0 bridgehead atoms. The molecule has 1 atom stereocenters. The fraction of sp³-hybridized carbons (Fsp3) is 0.304. The number of halogens is 3. The third-order valence-corrected chi connectivity index (χ3v) is 5.83. The minimum absolute atomic E-state index is 0.169. The second kappa shape index (κ2) is 9.00. The number of hydrogen-bond acceptors (Lipinski definition) is 8. The number of carbonyl (C=O) groups is 1. The number of hydroxylamine groups is 2. The van der Waals surface area contributed by atoms with Gasteiger partial charge in [0.2, 0.25) is 5.95 Å². The van der Waals surface area contributed by atoms with Gasteiger partial charge in [0.15, 0.2) is 5.82 Å². The number of nitrogens with one attached hydrogen (secondary N) is 1. The first-order valence-electron chi connectivity index (χ1n) is 11.0. The van der Waals surface area contributed by atoms with Crippen LogP contribution in [-0.4, -0.2) is 65.7 Å². The molecule has 1 aliphatic rings. The molecule has 1 aromatic carbocycles. The van der Waals surface area contributed by atoms with Crippen LogP contribution in [0.4, 0.5) is 24.8 Å². The summed E-state index contributed by atoms with van der Waals surface area (Å²) in [4.78, 5) is 26.0. The quantitative estimate of drug-likeness (QED) is 0.388. The number of ketones is 1. The summed E-state index contributed by atoms with van der Waals surface area (Å²) < 4.78 is 42.2. The Balaban J connectivity index is 1.39. The van der Waals surface area contributed by atoms with Gasteiger partial charge in [-0.15, -0.1) is 0 Å². The molecule has 0 aliphatic carbocycles. The highest BCUT2D eigenvalue weighted by Gasteiger charge is 2.40. The van der Waals surface area contributed by atoms with Gasteiger partial charge < -0.3 is 15.0 Å². The Labute approximate surface area is 202 Å². The first-order valence-corrected chi connectivity index (χ1v) is 11.0. The molecule has 0 spiro atoms. The summed E-state index contributed by atoms with van der Waals surface area (Å²) in [5.41, 5.74) is 2.14. The lowest BCUT2D eigenvalue weighted by Crippen LogP contribution is -2.22. The van der Waals surface area contributed by atoms with Crippen LogP contribution in [0, 0.1) is 6.92 Å². The second-order valence-corrected chi connectivity index (χ2v) is 8.53. The standard InChI is InChI=1S/C23H22F3N7O3/c1-13-14(8-32-10-16(34)12-36-32)9-33(30-13)20-5-6-27-22(29-20)28-15-3-4-19-17(7-15)18(11-31(19)2)21(35)23(24,25)26/h3-7,9,11,16,34H,8,10,12H2,1-2H3,(H,27,28,29). The molecule has 0 radical (unpaired) electrons. The van der Waals surface area contributed by atoms with Crippen LogP contribution >= 0.6 is 0 Å². The van der Waals surface area contributed by atoms with Crippen LogP contribution < -0.4 is 5.32 Å². The normalized spacial score (nSPS) is 16.7. The molecular weight excluding hydrogens is 479 g/mol. The molecule has 4 aromatic rings.